The van der Waals surface area contributed by atoms with Crippen molar-refractivity contribution in [2.45, 2.75) is 13.0 Å². The van der Waals surface area contributed by atoms with Crippen LogP contribution in [0.3, 0.4) is 0 Å². The van der Waals surface area contributed by atoms with Crippen LogP contribution in [-0.2, 0) is 22.5 Å². The van der Waals surface area contributed by atoms with Gasteiger partial charge in [-0.2, -0.15) is 0 Å². The van der Waals surface area contributed by atoms with Crippen molar-refractivity contribution in [1.82, 2.24) is 9.88 Å². The van der Waals surface area contributed by atoms with Gasteiger partial charge in [-0.15, -0.1) is 0 Å². The molecule has 3 aromatic carbocycles. The van der Waals surface area contributed by atoms with Crippen LogP contribution in [0, 0.1) is 0 Å². The van der Waals surface area contributed by atoms with Gasteiger partial charge in [0.1, 0.15) is 0 Å². The van der Waals surface area contributed by atoms with Crippen LogP contribution in [0.25, 0.3) is 21.7 Å². The summed E-state index contributed by atoms with van der Waals surface area (Å²) in [6.07, 6.45) is 0.777. The molecule has 0 saturated carbocycles. The highest BCUT2D eigenvalue weighted by Gasteiger charge is 2.25. The van der Waals surface area contributed by atoms with E-state index >= 15 is 0 Å². The smallest absolute Gasteiger partial charge is 0.339 e. The fourth-order valence-corrected chi connectivity index (χ4v) is 4.23. The van der Waals surface area contributed by atoms with E-state index in [0.29, 0.717) is 17.8 Å². The van der Waals surface area contributed by atoms with Gasteiger partial charge in [-0.3, -0.25) is 9.78 Å². The van der Waals surface area contributed by atoms with E-state index in [-0.39, 0.29) is 12.5 Å². The summed E-state index contributed by atoms with van der Waals surface area (Å²) in [5.41, 5.74) is 3.75. The highest BCUT2D eigenvalue weighted by molar-refractivity contribution is 6.06. The van der Waals surface area contributed by atoms with Gasteiger partial charge in [0.15, 0.2) is 6.61 Å². The lowest BCUT2D eigenvalue weighted by Gasteiger charge is -2.26. The molecule has 1 aromatic heterocycles. The first-order valence-corrected chi connectivity index (χ1v) is 10.6. The molecule has 5 rings (SSSR count). The molecular weight excluding hydrogens is 402 g/mol. The Morgan fingerprint density at radius 3 is 2.69 bits per heavy atom. The molecule has 0 saturated heterocycles. The number of rotatable bonds is 4. The third-order valence-corrected chi connectivity index (χ3v) is 5.81. The van der Waals surface area contributed by atoms with E-state index in [9.17, 15) is 9.59 Å². The molecular formula is C26H23N3O3. The van der Waals surface area contributed by atoms with E-state index in [4.69, 9.17) is 9.72 Å². The molecule has 0 aliphatic carbocycles. The maximum atomic E-state index is 13.1. The molecule has 0 fully saturated rings. The maximum absolute atomic E-state index is 13.1. The first kappa shape index (κ1) is 20.2. The Bertz CT molecular complexity index is 1350. The summed E-state index contributed by atoms with van der Waals surface area (Å²) < 4.78 is 5.46. The van der Waals surface area contributed by atoms with Gasteiger partial charge in [0, 0.05) is 41.8 Å². The van der Waals surface area contributed by atoms with E-state index in [2.05, 4.69) is 10.2 Å². The number of nitrogens with zero attached hydrogens (tertiary/aromatic N) is 2. The molecule has 32 heavy (non-hydrogen) atoms. The molecule has 0 unspecified atom stereocenters. The molecule has 0 bridgehead atoms. The molecule has 160 valence electrons. The molecule has 1 N–H and O–H groups in total. The highest BCUT2D eigenvalue weighted by Crippen LogP contribution is 2.28. The van der Waals surface area contributed by atoms with Crippen LogP contribution in [0.15, 0.2) is 66.7 Å². The molecule has 1 aliphatic rings. The average molecular weight is 425 g/mol. The number of para-hydroxylation sites is 1. The predicted molar refractivity (Wildman–Crippen MR) is 125 cm³/mol. The quantitative estimate of drug-likeness (QED) is 0.497. The standard InChI is InChI=1S/C26H23N3O3/c1-29-13-12-23-21(15-29)25(20-8-4-5-9-22(20)28-23)26(31)32-16-24(30)27-19-11-10-17-6-2-3-7-18(17)14-19/h2-11,14H,12-13,15-16H2,1H3,(H,27,30). The SMILES string of the molecule is CN1CCc2nc3ccccc3c(C(=O)OCC(=O)Nc3ccc4ccccc4c3)c2C1. The van der Waals surface area contributed by atoms with Crippen LogP contribution in [0.5, 0.6) is 0 Å². The van der Waals surface area contributed by atoms with E-state index < -0.39 is 5.97 Å². The second-order valence-electron chi connectivity index (χ2n) is 8.10. The fraction of sp³-hybridized carbons (Fsp3) is 0.192. The molecule has 0 atom stereocenters. The summed E-state index contributed by atoms with van der Waals surface area (Å²) >= 11 is 0. The van der Waals surface area contributed by atoms with Gasteiger partial charge in [0.05, 0.1) is 11.1 Å². The van der Waals surface area contributed by atoms with Gasteiger partial charge < -0.3 is 15.0 Å². The lowest BCUT2D eigenvalue weighted by Crippen LogP contribution is -2.30. The third-order valence-electron chi connectivity index (χ3n) is 5.81. The first-order chi connectivity index (χ1) is 15.6. The minimum Gasteiger partial charge on any atom is -0.452 e. The second kappa shape index (κ2) is 8.40. The number of benzene rings is 3. The lowest BCUT2D eigenvalue weighted by atomic mass is 9.96. The number of anilines is 1. The van der Waals surface area contributed by atoms with Crippen molar-refractivity contribution < 1.29 is 14.3 Å². The number of pyridine rings is 1. The Morgan fingerprint density at radius 1 is 1.03 bits per heavy atom. The van der Waals surface area contributed by atoms with E-state index in [1.807, 2.05) is 73.8 Å². The van der Waals surface area contributed by atoms with Crippen molar-refractivity contribution in [2.24, 2.45) is 0 Å². The van der Waals surface area contributed by atoms with Crippen molar-refractivity contribution in [3.05, 3.63) is 83.6 Å². The van der Waals surface area contributed by atoms with Crippen LogP contribution in [0.4, 0.5) is 5.69 Å². The largest absolute Gasteiger partial charge is 0.452 e. The highest BCUT2D eigenvalue weighted by atomic mass is 16.5. The van der Waals surface area contributed by atoms with Crippen molar-refractivity contribution in [1.29, 1.82) is 0 Å². The third kappa shape index (κ3) is 3.92. The van der Waals surface area contributed by atoms with Crippen LogP contribution in [0.2, 0.25) is 0 Å². The number of hydrogen-bond acceptors (Lipinski definition) is 5. The Hall–Kier alpha value is -3.77. The number of esters is 1. The van der Waals surface area contributed by atoms with Crippen molar-refractivity contribution >= 4 is 39.2 Å². The van der Waals surface area contributed by atoms with Gasteiger partial charge in [0.2, 0.25) is 0 Å². The molecule has 0 spiro atoms. The molecule has 2 heterocycles. The summed E-state index contributed by atoms with van der Waals surface area (Å²) in [6.45, 7) is 1.16. The average Bonchev–Trinajstić information content (AvgIpc) is 2.81. The predicted octanol–water partition coefficient (Wildman–Crippen LogP) is 4.17. The van der Waals surface area contributed by atoms with Gasteiger partial charge in [0.25, 0.3) is 5.91 Å². The summed E-state index contributed by atoms with van der Waals surface area (Å²) in [5.74, 6) is -0.873. The number of likely N-dealkylation sites (N-methyl/N-ethyl adjacent to an activating group) is 1. The number of aromatic nitrogens is 1. The number of carbonyl (C=O) groups excluding carboxylic acids is 2. The van der Waals surface area contributed by atoms with Gasteiger partial charge >= 0.3 is 5.97 Å². The lowest BCUT2D eigenvalue weighted by molar-refractivity contribution is -0.119. The zero-order valence-electron chi connectivity index (χ0n) is 17.8. The monoisotopic (exact) mass is 425 g/mol. The first-order valence-electron chi connectivity index (χ1n) is 10.6. The Labute approximate surface area is 185 Å². The Balaban J connectivity index is 1.35. The van der Waals surface area contributed by atoms with Gasteiger partial charge in [-0.25, -0.2) is 4.79 Å². The van der Waals surface area contributed by atoms with Crippen LogP contribution < -0.4 is 5.32 Å². The normalized spacial score (nSPS) is 13.7. The minimum absolute atomic E-state index is 0.354. The van der Waals surface area contributed by atoms with E-state index in [1.165, 1.54) is 0 Å². The van der Waals surface area contributed by atoms with Crippen molar-refractivity contribution in [3.63, 3.8) is 0 Å². The summed E-state index contributed by atoms with van der Waals surface area (Å²) in [6, 6.07) is 21.2. The van der Waals surface area contributed by atoms with Crippen LogP contribution >= 0.6 is 0 Å². The second-order valence-corrected chi connectivity index (χ2v) is 8.10. The maximum Gasteiger partial charge on any atom is 0.339 e. The molecule has 4 aromatic rings. The Kier molecular flexibility index (Phi) is 5.29. The number of hydrogen-bond donors (Lipinski definition) is 1. The van der Waals surface area contributed by atoms with E-state index in [1.54, 1.807) is 0 Å². The molecule has 0 radical (unpaired) electrons. The van der Waals surface area contributed by atoms with Crippen molar-refractivity contribution in [3.8, 4) is 0 Å². The number of fused-ring (bicyclic) bond motifs is 3. The molecule has 1 aliphatic heterocycles. The van der Waals surface area contributed by atoms with Gasteiger partial charge in [-0.1, -0.05) is 48.5 Å². The summed E-state index contributed by atoms with van der Waals surface area (Å²) in [7, 11) is 2.02. The Morgan fingerprint density at radius 2 is 1.81 bits per heavy atom. The van der Waals surface area contributed by atoms with E-state index in [0.717, 1.165) is 45.9 Å². The van der Waals surface area contributed by atoms with Crippen molar-refractivity contribution in [2.75, 3.05) is 25.5 Å². The van der Waals surface area contributed by atoms with Gasteiger partial charge in [-0.05, 0) is 36.0 Å². The molecule has 6 heteroatoms. The van der Waals surface area contributed by atoms with Crippen LogP contribution in [0.1, 0.15) is 21.6 Å². The zero-order chi connectivity index (χ0) is 22.1. The fourth-order valence-electron chi connectivity index (χ4n) is 4.23. The van der Waals surface area contributed by atoms with Crippen LogP contribution in [-0.4, -0.2) is 42.0 Å². The topological polar surface area (TPSA) is 71.5 Å². The number of carbonyl (C=O) groups is 2. The summed E-state index contributed by atoms with van der Waals surface area (Å²) in [4.78, 5) is 32.5. The number of nitrogens with one attached hydrogen (secondary N) is 1. The molecule has 1 amide bonds. The number of ether oxygens (including phenoxy) is 1. The minimum atomic E-state index is -0.496. The summed E-state index contributed by atoms with van der Waals surface area (Å²) in [5, 5.41) is 5.68. The number of amides is 1. The molecule has 6 nitrogen and oxygen atoms in total. The zero-order valence-corrected chi connectivity index (χ0v) is 17.8.